The van der Waals surface area contributed by atoms with Gasteiger partial charge in [0.1, 0.15) is 4.88 Å². The molecule has 1 aliphatic rings. The molecule has 0 bridgehead atoms. The third kappa shape index (κ3) is 3.04. The summed E-state index contributed by atoms with van der Waals surface area (Å²) in [6.07, 6.45) is 1.52. The minimum absolute atomic E-state index is 0.208. The smallest absolute Gasteiger partial charge is 0.283 e. The van der Waals surface area contributed by atoms with Gasteiger partial charge in [0, 0.05) is 10.1 Å². The Labute approximate surface area is 156 Å². The molecule has 1 N–H and O–H groups in total. The number of rotatable bonds is 3. The Morgan fingerprint density at radius 2 is 2.04 bits per heavy atom. The van der Waals surface area contributed by atoms with Crippen LogP contribution < -0.4 is 14.9 Å². The van der Waals surface area contributed by atoms with E-state index in [-0.39, 0.29) is 12.7 Å². The second-order valence-electron chi connectivity index (χ2n) is 5.17. The summed E-state index contributed by atoms with van der Waals surface area (Å²) in [7, 11) is 0. The van der Waals surface area contributed by atoms with E-state index in [0.717, 1.165) is 10.3 Å². The molecule has 0 radical (unpaired) electrons. The zero-order valence-electron chi connectivity index (χ0n) is 12.6. The van der Waals surface area contributed by atoms with E-state index >= 15 is 0 Å². The van der Waals surface area contributed by atoms with E-state index in [1.54, 1.807) is 18.2 Å². The summed E-state index contributed by atoms with van der Waals surface area (Å²) in [5.74, 6) is 0.951. The van der Waals surface area contributed by atoms with E-state index in [9.17, 15) is 4.79 Å². The number of nitrogens with zero attached hydrogens (tertiary/aromatic N) is 1. The summed E-state index contributed by atoms with van der Waals surface area (Å²) in [6.45, 7) is 0.208. The minimum atomic E-state index is -0.390. The molecule has 25 heavy (non-hydrogen) atoms. The monoisotopic (exact) mass is 392 g/mol. The highest BCUT2D eigenvalue weighted by Gasteiger charge is 2.18. The molecule has 0 unspecified atom stereocenters. The van der Waals surface area contributed by atoms with E-state index in [4.69, 9.17) is 32.7 Å². The number of hydrogen-bond donors (Lipinski definition) is 1. The predicted octanol–water partition coefficient (Wildman–Crippen LogP) is 4.70. The number of carbonyl (C=O) groups excluding carboxylic acids is 1. The number of thiophene rings is 1. The third-order valence-electron chi connectivity index (χ3n) is 3.59. The first-order valence-electron chi connectivity index (χ1n) is 7.23. The highest BCUT2D eigenvalue weighted by molar-refractivity contribution is 7.21. The average molecular weight is 393 g/mol. The summed E-state index contributed by atoms with van der Waals surface area (Å²) in [5.41, 5.74) is 3.25. The largest absolute Gasteiger partial charge is 0.454 e. The molecule has 0 saturated heterocycles. The highest BCUT2D eigenvalue weighted by Crippen LogP contribution is 2.39. The summed E-state index contributed by atoms with van der Waals surface area (Å²) in [5, 5.41) is 5.50. The Kier molecular flexibility index (Phi) is 4.25. The maximum Gasteiger partial charge on any atom is 0.283 e. The van der Waals surface area contributed by atoms with Crippen LogP contribution in [-0.4, -0.2) is 18.9 Å². The number of benzene rings is 2. The highest BCUT2D eigenvalue weighted by atomic mass is 35.5. The van der Waals surface area contributed by atoms with Gasteiger partial charge in [-0.1, -0.05) is 29.3 Å². The molecule has 2 heterocycles. The van der Waals surface area contributed by atoms with Gasteiger partial charge in [0.05, 0.1) is 16.3 Å². The van der Waals surface area contributed by atoms with Gasteiger partial charge >= 0.3 is 0 Å². The number of carbonyl (C=O) groups is 1. The van der Waals surface area contributed by atoms with Gasteiger partial charge in [-0.15, -0.1) is 11.3 Å². The molecular weight excluding hydrogens is 383 g/mol. The molecule has 0 fully saturated rings. The molecule has 1 aromatic heterocycles. The zero-order valence-corrected chi connectivity index (χ0v) is 14.9. The van der Waals surface area contributed by atoms with Crippen molar-refractivity contribution in [2.24, 2.45) is 5.10 Å². The van der Waals surface area contributed by atoms with Crippen LogP contribution in [0.2, 0.25) is 10.0 Å². The molecular formula is C17H10Cl2N2O3S. The van der Waals surface area contributed by atoms with Crippen LogP contribution in [0.25, 0.3) is 10.1 Å². The molecule has 0 atom stereocenters. The van der Waals surface area contributed by atoms with Crippen LogP contribution in [0.4, 0.5) is 0 Å². The van der Waals surface area contributed by atoms with E-state index in [1.165, 1.54) is 17.6 Å². The maximum absolute atomic E-state index is 12.3. The van der Waals surface area contributed by atoms with Crippen molar-refractivity contribution in [1.29, 1.82) is 0 Å². The van der Waals surface area contributed by atoms with E-state index in [1.807, 2.05) is 18.2 Å². The van der Waals surface area contributed by atoms with E-state index in [0.29, 0.717) is 31.8 Å². The summed E-state index contributed by atoms with van der Waals surface area (Å²) in [6, 6.07) is 10.8. The number of fused-ring (bicyclic) bond motifs is 2. The first-order valence-corrected chi connectivity index (χ1v) is 8.80. The molecule has 4 rings (SSSR count). The summed E-state index contributed by atoms with van der Waals surface area (Å²) >= 11 is 13.7. The van der Waals surface area contributed by atoms with Crippen molar-refractivity contribution < 1.29 is 14.3 Å². The summed E-state index contributed by atoms with van der Waals surface area (Å²) < 4.78 is 11.4. The Balaban J connectivity index is 1.53. The number of amides is 1. The fraction of sp³-hybridized carbons (Fsp3) is 0.0588. The van der Waals surface area contributed by atoms with E-state index in [2.05, 4.69) is 10.5 Å². The Hall–Kier alpha value is -2.28. The lowest BCUT2D eigenvalue weighted by Crippen LogP contribution is -2.16. The molecule has 1 amide bonds. The maximum atomic E-state index is 12.3. The summed E-state index contributed by atoms with van der Waals surface area (Å²) in [4.78, 5) is 12.7. The van der Waals surface area contributed by atoms with Crippen molar-refractivity contribution in [1.82, 2.24) is 5.43 Å². The Bertz CT molecular complexity index is 1020. The van der Waals surface area contributed by atoms with Gasteiger partial charge in [-0.25, -0.2) is 5.43 Å². The molecule has 0 saturated carbocycles. The standard InChI is InChI=1S/C17H10Cl2N2O3S/c18-10-2-1-3-13-14(10)15(19)16(25-13)17(22)21-20-7-9-4-5-11-12(6-9)24-8-23-11/h1-7H,8H2,(H,21,22). The number of halogens is 2. The van der Waals surface area contributed by atoms with Gasteiger partial charge in [-0.2, -0.15) is 5.10 Å². The first-order chi connectivity index (χ1) is 12.1. The van der Waals surface area contributed by atoms with Crippen LogP contribution in [-0.2, 0) is 0 Å². The van der Waals surface area contributed by atoms with Crippen LogP contribution in [0.3, 0.4) is 0 Å². The minimum Gasteiger partial charge on any atom is -0.454 e. The average Bonchev–Trinajstić information content (AvgIpc) is 3.19. The molecule has 3 aromatic rings. The third-order valence-corrected chi connectivity index (χ3v) is 5.55. The molecule has 0 aliphatic carbocycles. The normalized spacial score (nSPS) is 12.9. The molecule has 1 aliphatic heterocycles. The fourth-order valence-electron chi connectivity index (χ4n) is 2.43. The first kappa shape index (κ1) is 16.2. The fourth-order valence-corrected chi connectivity index (χ4v) is 4.27. The Morgan fingerprint density at radius 3 is 2.88 bits per heavy atom. The van der Waals surface area contributed by atoms with Crippen LogP contribution in [0.5, 0.6) is 11.5 Å². The van der Waals surface area contributed by atoms with Crippen molar-refractivity contribution in [3.8, 4) is 11.5 Å². The van der Waals surface area contributed by atoms with Crippen molar-refractivity contribution >= 4 is 56.7 Å². The number of hydrogen-bond acceptors (Lipinski definition) is 5. The predicted molar refractivity (Wildman–Crippen MR) is 99.5 cm³/mol. The number of nitrogens with one attached hydrogen (secondary N) is 1. The quantitative estimate of drug-likeness (QED) is 0.518. The van der Waals surface area contributed by atoms with Gasteiger partial charge in [0.15, 0.2) is 11.5 Å². The Morgan fingerprint density at radius 1 is 1.20 bits per heavy atom. The van der Waals surface area contributed by atoms with Gasteiger partial charge in [0.25, 0.3) is 5.91 Å². The lowest BCUT2D eigenvalue weighted by Gasteiger charge is -1.99. The zero-order chi connectivity index (χ0) is 17.4. The van der Waals surface area contributed by atoms with E-state index < -0.39 is 0 Å². The van der Waals surface area contributed by atoms with Gasteiger partial charge in [0.2, 0.25) is 6.79 Å². The van der Waals surface area contributed by atoms with Crippen molar-refractivity contribution in [2.45, 2.75) is 0 Å². The van der Waals surface area contributed by atoms with Gasteiger partial charge < -0.3 is 9.47 Å². The lowest BCUT2D eigenvalue weighted by atomic mass is 10.2. The lowest BCUT2D eigenvalue weighted by molar-refractivity contribution is 0.0959. The van der Waals surface area contributed by atoms with Crippen molar-refractivity contribution in [3.63, 3.8) is 0 Å². The molecule has 2 aromatic carbocycles. The molecule has 0 spiro atoms. The second-order valence-corrected chi connectivity index (χ2v) is 7.01. The van der Waals surface area contributed by atoms with Crippen molar-refractivity contribution in [2.75, 3.05) is 6.79 Å². The van der Waals surface area contributed by atoms with Gasteiger partial charge in [-0.3, -0.25) is 4.79 Å². The SMILES string of the molecule is O=C(NN=Cc1ccc2c(c1)OCO2)c1sc2cccc(Cl)c2c1Cl. The van der Waals surface area contributed by atoms with Crippen LogP contribution in [0.15, 0.2) is 41.5 Å². The topological polar surface area (TPSA) is 59.9 Å². The van der Waals surface area contributed by atoms with Crippen molar-refractivity contribution in [3.05, 3.63) is 56.9 Å². The van der Waals surface area contributed by atoms with Crippen LogP contribution >= 0.6 is 34.5 Å². The molecule has 126 valence electrons. The number of ether oxygens (including phenoxy) is 2. The van der Waals surface area contributed by atoms with Crippen LogP contribution in [0.1, 0.15) is 15.2 Å². The molecule has 8 heteroatoms. The van der Waals surface area contributed by atoms with Gasteiger partial charge in [-0.05, 0) is 35.9 Å². The second kappa shape index (κ2) is 6.55. The molecule has 5 nitrogen and oxygen atoms in total. The van der Waals surface area contributed by atoms with Crippen LogP contribution in [0, 0.1) is 0 Å². The number of hydrazone groups is 1.